The molecule has 0 radical (unpaired) electrons. The number of carbonyl (C=O) groups is 2. The van der Waals surface area contributed by atoms with E-state index in [4.69, 9.17) is 15.3 Å². The highest BCUT2D eigenvalue weighted by atomic mass is 16.6. The van der Waals surface area contributed by atoms with Gasteiger partial charge in [-0.2, -0.15) is 0 Å². The van der Waals surface area contributed by atoms with Gasteiger partial charge in [-0.05, 0) is 12.8 Å². The van der Waals surface area contributed by atoms with Gasteiger partial charge in [-0.15, -0.1) is 0 Å². The summed E-state index contributed by atoms with van der Waals surface area (Å²) in [7, 11) is 0. The summed E-state index contributed by atoms with van der Waals surface area (Å²) < 4.78 is 4.03. The van der Waals surface area contributed by atoms with Crippen molar-refractivity contribution in [3.63, 3.8) is 0 Å². The fraction of sp³-hybridized carbons (Fsp3) is 0.500. The molecule has 0 unspecified atom stereocenters. The molecule has 0 aromatic carbocycles. The maximum absolute atomic E-state index is 10.2. The van der Waals surface area contributed by atoms with Gasteiger partial charge < -0.3 is 20.1 Å². The minimum atomic E-state index is -0.764. The smallest absolute Gasteiger partial charge is 0.338 e. The first-order valence-corrected chi connectivity index (χ1v) is 5.38. The Kier molecular flexibility index (Phi) is 14.2. The largest absolute Gasteiger partial charge is 0.396 e. The Bertz CT molecular complexity index is 239. The number of hydrogen-bond donors (Lipinski definition) is 3. The van der Waals surface area contributed by atoms with Crippen LogP contribution in [0.3, 0.4) is 0 Å². The lowest BCUT2D eigenvalue weighted by Gasteiger charge is -2.07. The predicted octanol–water partition coefficient (Wildman–Crippen LogP) is -0.212. The third-order valence-corrected chi connectivity index (χ3v) is 1.82. The Morgan fingerprint density at radius 1 is 1.06 bits per heavy atom. The van der Waals surface area contributed by atoms with Crippen LogP contribution in [0, 0.1) is 5.92 Å². The molecule has 0 rings (SSSR count). The highest BCUT2D eigenvalue weighted by Gasteiger charge is 2.03. The van der Waals surface area contributed by atoms with Gasteiger partial charge in [0.1, 0.15) is 0 Å². The number of ether oxygens (including phenoxy) is 1. The van der Waals surface area contributed by atoms with Gasteiger partial charge in [0.05, 0.1) is 0 Å². The van der Waals surface area contributed by atoms with Gasteiger partial charge in [0.15, 0.2) is 0 Å². The van der Waals surface area contributed by atoms with Crippen molar-refractivity contribution in [1.29, 1.82) is 0 Å². The van der Waals surface area contributed by atoms with Crippen LogP contribution in [0.4, 0.5) is 0 Å². The minimum absolute atomic E-state index is 0.0104. The van der Waals surface area contributed by atoms with Crippen LogP contribution < -0.4 is 0 Å². The van der Waals surface area contributed by atoms with E-state index < -0.39 is 11.9 Å². The molecule has 0 aliphatic rings. The van der Waals surface area contributed by atoms with E-state index in [-0.39, 0.29) is 25.7 Å². The average molecular weight is 260 g/mol. The standard InChI is InChI=1S/C6H6O3.C6H14O3/c1-3-5(7)9-6(8)4-2;7-3-1-2-6(4-8)5-9/h3-4H,1-2H2;6-9H,1-5H2. The van der Waals surface area contributed by atoms with Gasteiger partial charge in [-0.1, -0.05) is 13.2 Å². The number of hydrogen-bond acceptors (Lipinski definition) is 6. The van der Waals surface area contributed by atoms with Crippen molar-refractivity contribution in [2.45, 2.75) is 12.8 Å². The lowest BCUT2D eigenvalue weighted by molar-refractivity contribution is -0.152. The molecule has 0 atom stereocenters. The molecule has 0 aromatic heterocycles. The molecule has 104 valence electrons. The second-order valence-electron chi connectivity index (χ2n) is 3.25. The molecular weight excluding hydrogens is 240 g/mol. The van der Waals surface area contributed by atoms with Crippen molar-refractivity contribution < 1.29 is 29.6 Å². The van der Waals surface area contributed by atoms with E-state index >= 15 is 0 Å². The van der Waals surface area contributed by atoms with Crippen LogP contribution in [0.15, 0.2) is 25.3 Å². The zero-order chi connectivity index (χ0) is 14.4. The summed E-state index contributed by atoms with van der Waals surface area (Å²) >= 11 is 0. The van der Waals surface area contributed by atoms with E-state index in [9.17, 15) is 9.59 Å². The zero-order valence-corrected chi connectivity index (χ0v) is 10.2. The minimum Gasteiger partial charge on any atom is -0.396 e. The first-order chi connectivity index (χ1) is 8.55. The molecule has 0 aliphatic carbocycles. The van der Waals surface area contributed by atoms with Crippen molar-refractivity contribution in [3.05, 3.63) is 25.3 Å². The lowest BCUT2D eigenvalue weighted by Crippen LogP contribution is -2.11. The molecular formula is C12H20O6. The Morgan fingerprint density at radius 3 is 1.78 bits per heavy atom. The Labute approximate surface area is 106 Å². The van der Waals surface area contributed by atoms with Gasteiger partial charge in [0.2, 0.25) is 0 Å². The van der Waals surface area contributed by atoms with Crippen molar-refractivity contribution in [3.8, 4) is 0 Å². The van der Waals surface area contributed by atoms with Gasteiger partial charge in [0, 0.05) is 37.9 Å². The van der Waals surface area contributed by atoms with Gasteiger partial charge in [0.25, 0.3) is 0 Å². The Hall–Kier alpha value is -1.50. The highest BCUT2D eigenvalue weighted by Crippen LogP contribution is 2.02. The average Bonchev–Trinajstić information content (AvgIpc) is 2.40. The molecule has 0 bridgehead atoms. The topological polar surface area (TPSA) is 104 Å². The second kappa shape index (κ2) is 13.6. The fourth-order valence-electron chi connectivity index (χ4n) is 0.803. The lowest BCUT2D eigenvalue weighted by atomic mass is 10.1. The van der Waals surface area contributed by atoms with E-state index in [1.807, 2.05) is 0 Å². The first-order valence-electron chi connectivity index (χ1n) is 5.38. The number of aliphatic hydroxyl groups is 3. The number of aliphatic hydroxyl groups excluding tert-OH is 3. The number of rotatable bonds is 7. The molecule has 0 spiro atoms. The quantitative estimate of drug-likeness (QED) is 0.332. The zero-order valence-electron chi connectivity index (χ0n) is 10.2. The normalized spacial score (nSPS) is 9.11. The number of esters is 2. The Balaban J connectivity index is 0. The summed E-state index contributed by atoms with van der Waals surface area (Å²) in [5, 5.41) is 25.4. The molecule has 0 aromatic rings. The maximum Gasteiger partial charge on any atom is 0.338 e. The molecule has 18 heavy (non-hydrogen) atoms. The van der Waals surface area contributed by atoms with E-state index in [0.29, 0.717) is 12.8 Å². The fourth-order valence-corrected chi connectivity index (χ4v) is 0.803. The van der Waals surface area contributed by atoms with Crippen molar-refractivity contribution in [2.24, 2.45) is 5.92 Å². The highest BCUT2D eigenvalue weighted by molar-refractivity contribution is 5.95. The molecule has 0 heterocycles. The van der Waals surface area contributed by atoms with Crippen LogP contribution in [-0.2, 0) is 14.3 Å². The van der Waals surface area contributed by atoms with Crippen molar-refractivity contribution in [1.82, 2.24) is 0 Å². The van der Waals surface area contributed by atoms with Crippen molar-refractivity contribution >= 4 is 11.9 Å². The second-order valence-corrected chi connectivity index (χ2v) is 3.25. The summed E-state index contributed by atoms with van der Waals surface area (Å²) in [5.41, 5.74) is 0. The SMILES string of the molecule is C=CC(=O)OC(=O)C=C.OCCCC(CO)CO. The summed E-state index contributed by atoms with van der Waals surface area (Å²) in [4.78, 5) is 20.3. The van der Waals surface area contributed by atoms with Crippen LogP contribution >= 0.6 is 0 Å². The maximum atomic E-state index is 10.2. The molecule has 6 heteroatoms. The molecule has 0 aliphatic heterocycles. The third kappa shape index (κ3) is 12.6. The van der Waals surface area contributed by atoms with Crippen LogP contribution in [0.5, 0.6) is 0 Å². The number of carbonyl (C=O) groups excluding carboxylic acids is 2. The molecule has 0 saturated carbocycles. The van der Waals surface area contributed by atoms with Gasteiger partial charge >= 0.3 is 11.9 Å². The monoisotopic (exact) mass is 260 g/mol. The molecule has 0 fully saturated rings. The van der Waals surface area contributed by atoms with Crippen molar-refractivity contribution in [2.75, 3.05) is 19.8 Å². The van der Waals surface area contributed by atoms with Gasteiger partial charge in [-0.25, -0.2) is 9.59 Å². The summed E-state index contributed by atoms with van der Waals surface area (Å²) in [6.45, 7) is 6.33. The van der Waals surface area contributed by atoms with E-state index in [1.165, 1.54) is 0 Å². The van der Waals surface area contributed by atoms with Crippen LogP contribution in [0.1, 0.15) is 12.8 Å². The van der Waals surface area contributed by atoms with E-state index in [0.717, 1.165) is 12.2 Å². The van der Waals surface area contributed by atoms with Crippen LogP contribution in [0.25, 0.3) is 0 Å². The molecule has 0 saturated heterocycles. The molecule has 3 N–H and O–H groups in total. The van der Waals surface area contributed by atoms with E-state index in [1.54, 1.807) is 0 Å². The van der Waals surface area contributed by atoms with Crippen LogP contribution in [-0.4, -0.2) is 47.1 Å². The third-order valence-electron chi connectivity index (χ3n) is 1.82. The van der Waals surface area contributed by atoms with Gasteiger partial charge in [-0.3, -0.25) is 0 Å². The summed E-state index contributed by atoms with van der Waals surface area (Å²) in [6, 6.07) is 0. The summed E-state index contributed by atoms with van der Waals surface area (Å²) in [5.74, 6) is -1.57. The van der Waals surface area contributed by atoms with Crippen LogP contribution in [0.2, 0.25) is 0 Å². The first kappa shape index (κ1) is 18.9. The predicted molar refractivity (Wildman–Crippen MR) is 65.5 cm³/mol. The summed E-state index contributed by atoms with van der Waals surface area (Å²) in [6.07, 6.45) is 3.16. The van der Waals surface area contributed by atoms with E-state index in [2.05, 4.69) is 17.9 Å². The Morgan fingerprint density at radius 2 is 1.50 bits per heavy atom. The molecule has 6 nitrogen and oxygen atoms in total. The molecule has 0 amide bonds.